The van der Waals surface area contributed by atoms with E-state index in [-0.39, 0.29) is 6.42 Å². The summed E-state index contributed by atoms with van der Waals surface area (Å²) in [5.74, 6) is -0.512. The van der Waals surface area contributed by atoms with Gasteiger partial charge in [0.25, 0.3) is 0 Å². The average molecular weight is 428 g/mol. The molecule has 158 valence electrons. The van der Waals surface area contributed by atoms with Crippen LogP contribution in [-0.4, -0.2) is 44.2 Å². The van der Waals surface area contributed by atoms with Crippen molar-refractivity contribution in [2.24, 2.45) is 0 Å². The van der Waals surface area contributed by atoms with Crippen LogP contribution in [0.3, 0.4) is 0 Å². The second kappa shape index (κ2) is 8.92. The third kappa shape index (κ3) is 5.42. The van der Waals surface area contributed by atoms with Gasteiger partial charge < -0.3 is 9.84 Å². The summed E-state index contributed by atoms with van der Waals surface area (Å²) < 4.78 is 5.40. The minimum Gasteiger partial charge on any atom is -0.473 e. The van der Waals surface area contributed by atoms with Gasteiger partial charge in [0, 0.05) is 6.04 Å². The van der Waals surface area contributed by atoms with E-state index in [0.29, 0.717) is 18.2 Å². The lowest BCUT2D eigenvalue weighted by Crippen LogP contribution is -2.43. The summed E-state index contributed by atoms with van der Waals surface area (Å²) in [4.78, 5) is 37.6. The Labute approximate surface area is 180 Å². The van der Waals surface area contributed by atoms with Gasteiger partial charge in [0.1, 0.15) is 5.60 Å². The number of hydrogen-bond acceptors (Lipinski definition) is 5. The van der Waals surface area contributed by atoms with E-state index in [0.717, 1.165) is 21.6 Å². The Balaban J connectivity index is 1.79. The summed E-state index contributed by atoms with van der Waals surface area (Å²) in [6, 6.07) is 17.5. The number of carbonyl (C=O) groups excluding carboxylic acids is 2. The summed E-state index contributed by atoms with van der Waals surface area (Å²) in [7, 11) is 0. The Morgan fingerprint density at radius 1 is 1.07 bits per heavy atom. The minimum absolute atomic E-state index is 0.273. The van der Waals surface area contributed by atoms with Gasteiger partial charge in [-0.05, 0) is 62.1 Å². The lowest BCUT2D eigenvalue weighted by atomic mass is 10.00. The number of likely N-dealkylation sites (tertiary alicyclic amines) is 1. The fourth-order valence-corrected chi connectivity index (χ4v) is 4.25. The molecule has 1 aliphatic rings. The molecule has 0 spiro atoms. The van der Waals surface area contributed by atoms with Crippen LogP contribution in [-0.2, 0) is 16.0 Å². The van der Waals surface area contributed by atoms with Gasteiger partial charge in [-0.1, -0.05) is 54.6 Å². The molecule has 2 atom stereocenters. The molecule has 1 saturated heterocycles. The van der Waals surface area contributed by atoms with Gasteiger partial charge in [-0.2, -0.15) is 0 Å². The van der Waals surface area contributed by atoms with Crippen molar-refractivity contribution in [3.63, 3.8) is 0 Å². The standard InChI is InChI=1S/C23H25NO5S/c1-23(2,3)29-21(26)24-18(14-19(20(24)25)30-22(27)28)13-15-9-11-17(12-10-15)16-7-5-4-6-8-16/h4-12,18-19H,13-14H2,1-3H3,(H,27,28). The Morgan fingerprint density at radius 2 is 1.67 bits per heavy atom. The van der Waals surface area contributed by atoms with Crippen molar-refractivity contribution in [2.75, 3.05) is 0 Å². The normalized spacial score (nSPS) is 19.0. The quantitative estimate of drug-likeness (QED) is 0.721. The highest BCUT2D eigenvalue weighted by molar-refractivity contribution is 8.14. The minimum atomic E-state index is -1.13. The van der Waals surface area contributed by atoms with Gasteiger partial charge in [-0.25, -0.2) is 14.5 Å². The van der Waals surface area contributed by atoms with Crippen molar-refractivity contribution in [2.45, 2.75) is 50.5 Å². The molecule has 0 bridgehead atoms. The van der Waals surface area contributed by atoms with Crippen molar-refractivity contribution in [3.8, 4) is 11.1 Å². The van der Waals surface area contributed by atoms with Crippen LogP contribution in [0.2, 0.25) is 0 Å². The summed E-state index contributed by atoms with van der Waals surface area (Å²) in [5, 5.41) is 7.16. The first-order valence-electron chi connectivity index (χ1n) is 9.74. The zero-order valence-corrected chi connectivity index (χ0v) is 18.0. The monoisotopic (exact) mass is 427 g/mol. The smallest absolute Gasteiger partial charge is 0.417 e. The van der Waals surface area contributed by atoms with Crippen LogP contribution in [0.5, 0.6) is 0 Å². The summed E-state index contributed by atoms with van der Waals surface area (Å²) >= 11 is 0.541. The second-order valence-corrected chi connectivity index (χ2v) is 9.37. The molecule has 0 aromatic heterocycles. The highest BCUT2D eigenvalue weighted by Gasteiger charge is 2.46. The molecule has 2 aromatic rings. The number of hydrogen-bond donors (Lipinski definition) is 1. The molecule has 2 unspecified atom stereocenters. The van der Waals surface area contributed by atoms with Gasteiger partial charge in [0.2, 0.25) is 5.91 Å². The number of benzene rings is 2. The Bertz CT molecular complexity index is 921. The number of thioether (sulfide) groups is 1. The summed E-state index contributed by atoms with van der Waals surface area (Å²) in [6.07, 6.45) is -0.0152. The molecular formula is C23H25NO5S. The van der Waals surface area contributed by atoms with Crippen molar-refractivity contribution < 1.29 is 24.2 Å². The second-order valence-electron chi connectivity index (χ2n) is 8.22. The SMILES string of the molecule is CC(C)(C)OC(=O)N1C(=O)C(SC(=O)O)CC1Cc1ccc(-c2ccccc2)cc1. The largest absolute Gasteiger partial charge is 0.473 e. The van der Waals surface area contributed by atoms with Crippen molar-refractivity contribution in [1.82, 2.24) is 4.90 Å². The molecule has 0 saturated carbocycles. The van der Waals surface area contributed by atoms with E-state index in [4.69, 9.17) is 9.84 Å². The predicted octanol–water partition coefficient (Wildman–Crippen LogP) is 5.21. The Hall–Kier alpha value is -2.80. The molecule has 1 aliphatic heterocycles. The van der Waals surface area contributed by atoms with Gasteiger partial charge in [-0.3, -0.25) is 4.79 Å². The van der Waals surface area contributed by atoms with Crippen LogP contribution >= 0.6 is 11.8 Å². The zero-order valence-electron chi connectivity index (χ0n) is 17.2. The topological polar surface area (TPSA) is 83.9 Å². The van der Waals surface area contributed by atoms with Crippen molar-refractivity contribution >= 4 is 29.1 Å². The maximum absolute atomic E-state index is 12.7. The number of ether oxygens (including phenoxy) is 1. The molecule has 2 aromatic carbocycles. The van der Waals surface area contributed by atoms with Crippen LogP contribution in [0.15, 0.2) is 54.6 Å². The number of carboxylic acid groups (broad SMARTS) is 1. The molecule has 0 radical (unpaired) electrons. The summed E-state index contributed by atoms with van der Waals surface area (Å²) in [6.45, 7) is 5.19. The molecule has 1 N–H and O–H groups in total. The molecule has 3 rings (SSSR count). The van der Waals surface area contributed by atoms with Crippen molar-refractivity contribution in [1.29, 1.82) is 0 Å². The van der Waals surface area contributed by atoms with Gasteiger partial charge in [0.05, 0.1) is 5.25 Å². The van der Waals surface area contributed by atoms with E-state index in [9.17, 15) is 14.4 Å². The first-order valence-corrected chi connectivity index (χ1v) is 10.6. The fraction of sp³-hybridized carbons (Fsp3) is 0.348. The number of rotatable bonds is 4. The third-order valence-electron chi connectivity index (χ3n) is 4.73. The Kier molecular flexibility index (Phi) is 6.51. The molecular weight excluding hydrogens is 402 g/mol. The van der Waals surface area contributed by atoms with E-state index in [1.807, 2.05) is 54.6 Å². The molecule has 30 heavy (non-hydrogen) atoms. The van der Waals surface area contributed by atoms with Gasteiger partial charge >= 0.3 is 11.4 Å². The summed E-state index contributed by atoms with van der Waals surface area (Å²) in [5.41, 5.74) is 2.39. The Morgan fingerprint density at radius 3 is 2.23 bits per heavy atom. The maximum atomic E-state index is 12.7. The lowest BCUT2D eigenvalue weighted by molar-refractivity contribution is -0.127. The average Bonchev–Trinajstić information content (AvgIpc) is 2.96. The van der Waals surface area contributed by atoms with Crippen molar-refractivity contribution in [3.05, 3.63) is 60.2 Å². The molecule has 7 heteroatoms. The third-order valence-corrected chi connectivity index (χ3v) is 5.61. The lowest BCUT2D eigenvalue weighted by Gasteiger charge is -2.27. The van der Waals surface area contributed by atoms with Crippen LogP contribution in [0.4, 0.5) is 9.59 Å². The van der Waals surface area contributed by atoms with E-state index < -0.39 is 34.2 Å². The molecule has 1 heterocycles. The number of nitrogens with zero attached hydrogens (tertiary/aromatic N) is 1. The van der Waals surface area contributed by atoms with E-state index in [1.54, 1.807) is 20.8 Å². The first kappa shape index (κ1) is 21.9. The highest BCUT2D eigenvalue weighted by Crippen LogP contribution is 2.33. The fourth-order valence-electron chi connectivity index (χ4n) is 3.47. The number of imide groups is 1. The van der Waals surface area contributed by atoms with E-state index in [1.165, 1.54) is 0 Å². The van der Waals surface area contributed by atoms with Crippen LogP contribution < -0.4 is 0 Å². The van der Waals surface area contributed by atoms with Gasteiger partial charge in [-0.15, -0.1) is 0 Å². The maximum Gasteiger partial charge on any atom is 0.417 e. The van der Waals surface area contributed by atoms with Crippen LogP contribution in [0.1, 0.15) is 32.8 Å². The number of amides is 2. The van der Waals surface area contributed by atoms with Crippen LogP contribution in [0, 0.1) is 0 Å². The molecule has 1 fully saturated rings. The molecule has 2 amide bonds. The predicted molar refractivity (Wildman–Crippen MR) is 116 cm³/mol. The first-order chi connectivity index (χ1) is 14.1. The highest BCUT2D eigenvalue weighted by atomic mass is 32.2. The van der Waals surface area contributed by atoms with E-state index >= 15 is 0 Å². The van der Waals surface area contributed by atoms with Gasteiger partial charge in [0.15, 0.2) is 0 Å². The molecule has 6 nitrogen and oxygen atoms in total. The molecule has 0 aliphatic carbocycles. The van der Waals surface area contributed by atoms with Crippen LogP contribution in [0.25, 0.3) is 11.1 Å². The zero-order chi connectivity index (χ0) is 21.9. The number of carbonyl (C=O) groups is 3. The van der Waals surface area contributed by atoms with E-state index in [2.05, 4.69) is 0 Å².